The second-order valence-corrected chi connectivity index (χ2v) is 5.93. The van der Waals surface area contributed by atoms with Crippen molar-refractivity contribution in [1.82, 2.24) is 10.4 Å². The van der Waals surface area contributed by atoms with Gasteiger partial charge in [-0.25, -0.2) is 0 Å². The van der Waals surface area contributed by atoms with E-state index in [-0.39, 0.29) is 11.5 Å². The lowest BCUT2D eigenvalue weighted by Gasteiger charge is -2.26. The van der Waals surface area contributed by atoms with E-state index in [1.807, 2.05) is 18.5 Å². The Hall–Kier alpha value is -1.45. The Kier molecular flexibility index (Phi) is 3.64. The smallest absolute Gasteiger partial charge is 0.0471 e. The highest BCUT2D eigenvalue weighted by Gasteiger charge is 2.20. The molecule has 2 rings (SSSR count). The predicted molar refractivity (Wildman–Crippen MR) is 75.9 cm³/mol. The van der Waals surface area contributed by atoms with Crippen LogP contribution in [0.15, 0.2) is 36.7 Å². The van der Waals surface area contributed by atoms with E-state index in [0.29, 0.717) is 0 Å². The number of hydrogen-bond acceptors (Lipinski definition) is 3. The van der Waals surface area contributed by atoms with Gasteiger partial charge in [-0.15, -0.1) is 0 Å². The minimum Gasteiger partial charge on any atom is -0.271 e. The Bertz CT molecular complexity index is 523. The molecule has 1 atom stereocenters. The summed E-state index contributed by atoms with van der Waals surface area (Å²) in [5.74, 6) is 5.73. The van der Waals surface area contributed by atoms with Crippen LogP contribution in [-0.4, -0.2) is 4.98 Å². The van der Waals surface area contributed by atoms with E-state index in [2.05, 4.69) is 49.4 Å². The first-order valence-corrected chi connectivity index (χ1v) is 6.30. The molecule has 1 unspecified atom stereocenters. The third-order valence-electron chi connectivity index (χ3n) is 3.11. The van der Waals surface area contributed by atoms with Crippen LogP contribution in [0.4, 0.5) is 0 Å². The standard InChI is InChI=1S/C15H21N3/c1-15(2,3)9-14(18-16)12-6-4-5-11-7-8-17-10-13(11)12/h4-8,10,14,18H,9,16H2,1-3H3. The molecule has 0 amide bonds. The molecule has 0 fully saturated rings. The number of nitrogens with two attached hydrogens (primary N) is 1. The van der Waals surface area contributed by atoms with E-state index >= 15 is 0 Å². The maximum atomic E-state index is 5.73. The highest BCUT2D eigenvalue weighted by atomic mass is 15.2. The average Bonchev–Trinajstić information content (AvgIpc) is 2.34. The molecular weight excluding hydrogens is 222 g/mol. The van der Waals surface area contributed by atoms with Crippen LogP contribution in [0.2, 0.25) is 0 Å². The zero-order chi connectivity index (χ0) is 13.2. The van der Waals surface area contributed by atoms with E-state index in [1.54, 1.807) is 0 Å². The highest BCUT2D eigenvalue weighted by Crippen LogP contribution is 2.32. The summed E-state index contributed by atoms with van der Waals surface area (Å²) in [4.78, 5) is 4.22. The third-order valence-corrected chi connectivity index (χ3v) is 3.11. The quantitative estimate of drug-likeness (QED) is 0.643. The second-order valence-electron chi connectivity index (χ2n) is 5.93. The van der Waals surface area contributed by atoms with E-state index in [9.17, 15) is 0 Å². The Labute approximate surface area is 108 Å². The lowest BCUT2D eigenvalue weighted by atomic mass is 9.84. The summed E-state index contributed by atoms with van der Waals surface area (Å²) < 4.78 is 0. The van der Waals surface area contributed by atoms with Crippen molar-refractivity contribution in [3.8, 4) is 0 Å². The van der Waals surface area contributed by atoms with Crippen LogP contribution < -0.4 is 11.3 Å². The molecule has 0 aliphatic rings. The topological polar surface area (TPSA) is 50.9 Å². The molecule has 3 nitrogen and oxygen atoms in total. The molecular formula is C15H21N3. The fourth-order valence-corrected chi connectivity index (χ4v) is 2.31. The number of fused-ring (bicyclic) bond motifs is 1. The minimum atomic E-state index is 0.151. The van der Waals surface area contributed by atoms with E-state index in [1.165, 1.54) is 16.3 Å². The van der Waals surface area contributed by atoms with Gasteiger partial charge in [0.25, 0.3) is 0 Å². The van der Waals surface area contributed by atoms with Crippen LogP contribution in [0, 0.1) is 5.41 Å². The molecule has 1 aromatic heterocycles. The van der Waals surface area contributed by atoms with Gasteiger partial charge in [-0.1, -0.05) is 39.0 Å². The number of rotatable bonds is 3. The summed E-state index contributed by atoms with van der Waals surface area (Å²) in [6.07, 6.45) is 4.72. The van der Waals surface area contributed by atoms with Gasteiger partial charge in [-0.05, 0) is 28.9 Å². The molecule has 3 N–H and O–H groups in total. The van der Waals surface area contributed by atoms with Gasteiger partial charge in [0, 0.05) is 23.8 Å². The van der Waals surface area contributed by atoms with Crippen molar-refractivity contribution < 1.29 is 0 Å². The summed E-state index contributed by atoms with van der Waals surface area (Å²) in [6, 6.07) is 8.48. The van der Waals surface area contributed by atoms with Crippen molar-refractivity contribution >= 4 is 10.8 Å². The summed E-state index contributed by atoms with van der Waals surface area (Å²) in [6.45, 7) is 6.67. The van der Waals surface area contributed by atoms with Crippen molar-refractivity contribution in [2.45, 2.75) is 33.2 Å². The molecule has 1 heterocycles. The first-order chi connectivity index (χ1) is 8.51. The number of nitrogens with zero attached hydrogens (tertiary/aromatic N) is 1. The molecule has 2 aromatic rings. The number of hydrogen-bond donors (Lipinski definition) is 2. The fourth-order valence-electron chi connectivity index (χ4n) is 2.31. The monoisotopic (exact) mass is 243 g/mol. The van der Waals surface area contributed by atoms with Crippen LogP contribution in [0.25, 0.3) is 10.8 Å². The molecule has 18 heavy (non-hydrogen) atoms. The second kappa shape index (κ2) is 5.04. The van der Waals surface area contributed by atoms with Crippen LogP contribution in [0.5, 0.6) is 0 Å². The fraction of sp³-hybridized carbons (Fsp3) is 0.400. The first kappa shape index (κ1) is 13.0. The van der Waals surface area contributed by atoms with Crippen molar-refractivity contribution in [3.63, 3.8) is 0 Å². The maximum Gasteiger partial charge on any atom is 0.0471 e. The number of aromatic nitrogens is 1. The van der Waals surface area contributed by atoms with Crippen LogP contribution in [-0.2, 0) is 0 Å². The first-order valence-electron chi connectivity index (χ1n) is 6.30. The molecule has 0 spiro atoms. The molecule has 0 saturated carbocycles. The lowest BCUT2D eigenvalue weighted by Crippen LogP contribution is -2.31. The SMILES string of the molecule is CC(C)(C)CC(NN)c1cccc2ccncc12. The van der Waals surface area contributed by atoms with E-state index in [0.717, 1.165) is 6.42 Å². The van der Waals surface area contributed by atoms with Gasteiger partial charge >= 0.3 is 0 Å². The number of pyridine rings is 1. The van der Waals surface area contributed by atoms with Gasteiger partial charge in [0.15, 0.2) is 0 Å². The molecule has 0 saturated heterocycles. The van der Waals surface area contributed by atoms with Gasteiger partial charge in [0.1, 0.15) is 0 Å². The lowest BCUT2D eigenvalue weighted by molar-refractivity contribution is 0.314. The van der Waals surface area contributed by atoms with Crippen molar-refractivity contribution in [2.75, 3.05) is 0 Å². The van der Waals surface area contributed by atoms with Crippen molar-refractivity contribution in [3.05, 3.63) is 42.2 Å². The molecule has 96 valence electrons. The average molecular weight is 243 g/mol. The van der Waals surface area contributed by atoms with E-state index in [4.69, 9.17) is 5.84 Å². The predicted octanol–water partition coefficient (Wildman–Crippen LogP) is 3.18. The Morgan fingerprint density at radius 2 is 2.06 bits per heavy atom. The third kappa shape index (κ3) is 2.86. The minimum absolute atomic E-state index is 0.151. The molecule has 1 aromatic carbocycles. The van der Waals surface area contributed by atoms with Gasteiger partial charge in [0.05, 0.1) is 0 Å². The van der Waals surface area contributed by atoms with Gasteiger partial charge in [0.2, 0.25) is 0 Å². The molecule has 0 aliphatic carbocycles. The Balaban J connectivity index is 2.45. The Morgan fingerprint density at radius 1 is 1.28 bits per heavy atom. The molecule has 0 radical (unpaired) electrons. The normalized spacial score (nSPS) is 13.8. The Morgan fingerprint density at radius 3 is 2.72 bits per heavy atom. The number of hydrazine groups is 1. The largest absolute Gasteiger partial charge is 0.271 e. The van der Waals surface area contributed by atoms with E-state index < -0.39 is 0 Å². The van der Waals surface area contributed by atoms with Crippen LogP contribution in [0.3, 0.4) is 0 Å². The zero-order valence-electron chi connectivity index (χ0n) is 11.3. The number of benzene rings is 1. The van der Waals surface area contributed by atoms with Crippen LogP contribution >= 0.6 is 0 Å². The summed E-state index contributed by atoms with van der Waals surface area (Å²) >= 11 is 0. The molecule has 3 heteroatoms. The van der Waals surface area contributed by atoms with Crippen LogP contribution in [0.1, 0.15) is 38.8 Å². The summed E-state index contributed by atoms with van der Waals surface area (Å²) in [5.41, 5.74) is 4.38. The maximum absolute atomic E-state index is 5.73. The van der Waals surface area contributed by atoms with Gasteiger partial charge in [-0.2, -0.15) is 0 Å². The molecule has 0 bridgehead atoms. The highest BCUT2D eigenvalue weighted by molar-refractivity contribution is 5.85. The van der Waals surface area contributed by atoms with Gasteiger partial charge in [-0.3, -0.25) is 16.3 Å². The van der Waals surface area contributed by atoms with Gasteiger partial charge < -0.3 is 0 Å². The van der Waals surface area contributed by atoms with Crippen molar-refractivity contribution in [2.24, 2.45) is 11.3 Å². The summed E-state index contributed by atoms with van der Waals surface area (Å²) in [7, 11) is 0. The van der Waals surface area contributed by atoms with Crippen molar-refractivity contribution in [1.29, 1.82) is 0 Å². The number of nitrogens with one attached hydrogen (secondary N) is 1. The zero-order valence-corrected chi connectivity index (χ0v) is 11.3. The summed E-state index contributed by atoms with van der Waals surface area (Å²) in [5, 5.41) is 2.38. The molecule has 0 aliphatic heterocycles.